The highest BCUT2D eigenvalue weighted by molar-refractivity contribution is 5.61. The van der Waals surface area contributed by atoms with Gasteiger partial charge in [0, 0.05) is 5.56 Å². The summed E-state index contributed by atoms with van der Waals surface area (Å²) < 4.78 is 5.77. The highest BCUT2D eigenvalue weighted by atomic mass is 16.3. The number of fused-ring (bicyclic) bond motifs is 1. The number of nitrogens with one attached hydrogen (secondary N) is 1. The molecular weight excluding hydrogens is 202 g/mol. The number of aromatic hydroxyl groups is 1. The molecule has 2 aromatic rings. The van der Waals surface area contributed by atoms with Crippen molar-refractivity contribution < 1.29 is 9.52 Å². The summed E-state index contributed by atoms with van der Waals surface area (Å²) in [5.41, 5.74) is 2.20. The normalized spacial score (nSPS) is 14.8. The Morgan fingerprint density at radius 1 is 1.25 bits per heavy atom. The monoisotopic (exact) mass is 215 g/mol. The first kappa shape index (κ1) is 9.48. The van der Waals surface area contributed by atoms with E-state index in [1.807, 2.05) is 12.1 Å². The van der Waals surface area contributed by atoms with Gasteiger partial charge in [0.15, 0.2) is 0 Å². The van der Waals surface area contributed by atoms with Crippen LogP contribution in [0, 0.1) is 0 Å². The number of phenols is 1. The van der Waals surface area contributed by atoms with Crippen LogP contribution in [0.3, 0.4) is 0 Å². The van der Waals surface area contributed by atoms with Crippen LogP contribution in [0.1, 0.15) is 11.3 Å². The van der Waals surface area contributed by atoms with Crippen molar-refractivity contribution in [3.8, 4) is 17.1 Å². The Kier molecular flexibility index (Phi) is 2.18. The molecule has 0 spiro atoms. The second-order valence-corrected chi connectivity index (χ2v) is 4.04. The molecular formula is C13H13NO2. The third-order valence-electron chi connectivity index (χ3n) is 2.88. The third kappa shape index (κ3) is 1.59. The molecule has 2 N–H and O–H groups in total. The molecule has 0 amide bonds. The standard InChI is InChI=1S/C13H13NO2/c15-11-3-1-2-9(6-11)12-7-10-4-5-14-8-13(10)16-12/h1-3,6-7,14-15H,4-5,8H2. The number of hydrogen-bond donors (Lipinski definition) is 2. The van der Waals surface area contributed by atoms with Crippen molar-refractivity contribution in [1.82, 2.24) is 5.32 Å². The molecule has 0 saturated carbocycles. The van der Waals surface area contributed by atoms with Crippen molar-refractivity contribution in [1.29, 1.82) is 0 Å². The molecule has 16 heavy (non-hydrogen) atoms. The minimum absolute atomic E-state index is 0.269. The molecule has 0 atom stereocenters. The lowest BCUT2D eigenvalue weighted by Crippen LogP contribution is -2.22. The summed E-state index contributed by atoms with van der Waals surface area (Å²) in [6.45, 7) is 1.81. The minimum atomic E-state index is 0.269. The van der Waals surface area contributed by atoms with Crippen LogP contribution >= 0.6 is 0 Å². The van der Waals surface area contributed by atoms with E-state index in [1.165, 1.54) is 5.56 Å². The van der Waals surface area contributed by atoms with Gasteiger partial charge in [0.05, 0.1) is 6.54 Å². The van der Waals surface area contributed by atoms with Gasteiger partial charge in [0.2, 0.25) is 0 Å². The van der Waals surface area contributed by atoms with E-state index >= 15 is 0 Å². The summed E-state index contributed by atoms with van der Waals surface area (Å²) >= 11 is 0. The summed E-state index contributed by atoms with van der Waals surface area (Å²) in [5.74, 6) is 2.12. The van der Waals surface area contributed by atoms with E-state index in [9.17, 15) is 5.11 Å². The van der Waals surface area contributed by atoms with Crippen LogP contribution < -0.4 is 5.32 Å². The van der Waals surface area contributed by atoms with Gasteiger partial charge in [-0.2, -0.15) is 0 Å². The molecule has 82 valence electrons. The van der Waals surface area contributed by atoms with Crippen LogP contribution in [0.5, 0.6) is 5.75 Å². The van der Waals surface area contributed by atoms with E-state index in [-0.39, 0.29) is 5.75 Å². The lowest BCUT2D eigenvalue weighted by atomic mass is 10.1. The van der Waals surface area contributed by atoms with Gasteiger partial charge >= 0.3 is 0 Å². The Labute approximate surface area is 93.7 Å². The Hall–Kier alpha value is -1.74. The van der Waals surface area contributed by atoms with Crippen LogP contribution in [0.4, 0.5) is 0 Å². The minimum Gasteiger partial charge on any atom is -0.508 e. The van der Waals surface area contributed by atoms with Gasteiger partial charge in [0.1, 0.15) is 17.3 Å². The van der Waals surface area contributed by atoms with Crippen molar-refractivity contribution in [3.05, 3.63) is 41.7 Å². The van der Waals surface area contributed by atoms with Gasteiger partial charge < -0.3 is 14.8 Å². The van der Waals surface area contributed by atoms with Gasteiger partial charge in [-0.15, -0.1) is 0 Å². The lowest BCUT2D eigenvalue weighted by Gasteiger charge is -2.09. The zero-order valence-electron chi connectivity index (χ0n) is 8.86. The van der Waals surface area contributed by atoms with E-state index in [1.54, 1.807) is 12.1 Å². The van der Waals surface area contributed by atoms with Crippen molar-refractivity contribution >= 4 is 0 Å². The third-order valence-corrected chi connectivity index (χ3v) is 2.88. The first-order valence-electron chi connectivity index (χ1n) is 5.44. The molecule has 0 fully saturated rings. The smallest absolute Gasteiger partial charge is 0.134 e. The number of hydrogen-bond acceptors (Lipinski definition) is 3. The molecule has 1 aromatic carbocycles. The first-order chi connectivity index (χ1) is 7.83. The fraction of sp³-hybridized carbons (Fsp3) is 0.231. The average molecular weight is 215 g/mol. The maximum absolute atomic E-state index is 9.42. The fourth-order valence-corrected chi connectivity index (χ4v) is 2.05. The largest absolute Gasteiger partial charge is 0.508 e. The van der Waals surface area contributed by atoms with Gasteiger partial charge in [-0.05, 0) is 36.7 Å². The zero-order chi connectivity index (χ0) is 11.0. The first-order valence-corrected chi connectivity index (χ1v) is 5.44. The number of rotatable bonds is 1. The Morgan fingerprint density at radius 3 is 3.00 bits per heavy atom. The Balaban J connectivity index is 2.03. The summed E-state index contributed by atoms with van der Waals surface area (Å²) in [6.07, 6.45) is 1.01. The average Bonchev–Trinajstić information content (AvgIpc) is 2.72. The summed E-state index contributed by atoms with van der Waals surface area (Å²) in [6, 6.07) is 9.22. The molecule has 1 aliphatic rings. The summed E-state index contributed by atoms with van der Waals surface area (Å²) in [4.78, 5) is 0. The zero-order valence-corrected chi connectivity index (χ0v) is 8.86. The van der Waals surface area contributed by atoms with E-state index in [0.717, 1.165) is 36.6 Å². The van der Waals surface area contributed by atoms with Crippen LogP contribution in [-0.4, -0.2) is 11.7 Å². The van der Waals surface area contributed by atoms with Crippen molar-refractivity contribution in [2.75, 3.05) is 6.54 Å². The number of benzene rings is 1. The van der Waals surface area contributed by atoms with Crippen molar-refractivity contribution in [2.24, 2.45) is 0 Å². The van der Waals surface area contributed by atoms with E-state index in [0.29, 0.717) is 0 Å². The molecule has 3 rings (SSSR count). The van der Waals surface area contributed by atoms with Gasteiger partial charge in [0.25, 0.3) is 0 Å². The molecule has 3 heteroatoms. The molecule has 0 saturated heterocycles. The fourth-order valence-electron chi connectivity index (χ4n) is 2.05. The molecule has 1 aliphatic heterocycles. The van der Waals surface area contributed by atoms with Crippen LogP contribution in [-0.2, 0) is 13.0 Å². The van der Waals surface area contributed by atoms with Crippen molar-refractivity contribution in [3.63, 3.8) is 0 Å². The second-order valence-electron chi connectivity index (χ2n) is 4.04. The van der Waals surface area contributed by atoms with E-state index in [2.05, 4.69) is 11.4 Å². The molecule has 1 aromatic heterocycles. The van der Waals surface area contributed by atoms with Gasteiger partial charge in [-0.3, -0.25) is 0 Å². The van der Waals surface area contributed by atoms with E-state index < -0.39 is 0 Å². The lowest BCUT2D eigenvalue weighted by molar-refractivity contribution is 0.468. The molecule has 3 nitrogen and oxygen atoms in total. The van der Waals surface area contributed by atoms with Crippen LogP contribution in [0.15, 0.2) is 34.7 Å². The Morgan fingerprint density at radius 2 is 2.19 bits per heavy atom. The van der Waals surface area contributed by atoms with Crippen LogP contribution in [0.2, 0.25) is 0 Å². The number of furan rings is 1. The topological polar surface area (TPSA) is 45.4 Å². The SMILES string of the molecule is Oc1cccc(-c2cc3c(o2)CNCC3)c1. The highest BCUT2D eigenvalue weighted by Crippen LogP contribution is 2.29. The second kappa shape index (κ2) is 3.68. The predicted molar refractivity (Wildman–Crippen MR) is 61.2 cm³/mol. The quantitative estimate of drug-likeness (QED) is 0.767. The van der Waals surface area contributed by atoms with Gasteiger partial charge in [-0.25, -0.2) is 0 Å². The number of phenolic OH excluding ortho intramolecular Hbond substituents is 1. The predicted octanol–water partition coefficient (Wildman–Crippen LogP) is 2.30. The molecule has 2 heterocycles. The summed E-state index contributed by atoms with van der Waals surface area (Å²) in [7, 11) is 0. The van der Waals surface area contributed by atoms with Gasteiger partial charge in [-0.1, -0.05) is 12.1 Å². The highest BCUT2D eigenvalue weighted by Gasteiger charge is 2.15. The molecule has 0 bridgehead atoms. The van der Waals surface area contributed by atoms with Crippen LogP contribution in [0.25, 0.3) is 11.3 Å². The Bertz CT molecular complexity index is 493. The maximum atomic E-state index is 9.42. The van der Waals surface area contributed by atoms with E-state index in [4.69, 9.17) is 4.42 Å². The van der Waals surface area contributed by atoms with Crippen molar-refractivity contribution in [2.45, 2.75) is 13.0 Å². The molecule has 0 radical (unpaired) electrons. The maximum Gasteiger partial charge on any atom is 0.134 e. The summed E-state index contributed by atoms with van der Waals surface area (Å²) in [5, 5.41) is 12.7. The molecule has 0 unspecified atom stereocenters. The molecule has 0 aliphatic carbocycles.